The Bertz CT molecular complexity index is 1600. The lowest BCUT2D eigenvalue weighted by Gasteiger charge is -2.12. The Labute approximate surface area is 210 Å². The summed E-state index contributed by atoms with van der Waals surface area (Å²) < 4.78 is 5.89. The van der Waals surface area contributed by atoms with Crippen LogP contribution in [0.3, 0.4) is 0 Å². The maximum Gasteiger partial charge on any atom is 0.258 e. The molecule has 0 radical (unpaired) electrons. The Balaban J connectivity index is 1.37. The number of hydrogen-bond acceptors (Lipinski definition) is 4. The molecule has 1 amide bonds. The number of benzene rings is 4. The summed E-state index contributed by atoms with van der Waals surface area (Å²) in [6.45, 7) is 1.99. The molecule has 1 aromatic heterocycles. The molecule has 1 heterocycles. The zero-order chi connectivity index (χ0) is 23.8. The van der Waals surface area contributed by atoms with Crippen LogP contribution in [0.2, 0.25) is 10.0 Å². The number of thiocarbonyl (C=S) groups is 1. The van der Waals surface area contributed by atoms with Gasteiger partial charge in [0, 0.05) is 21.7 Å². The smallest absolute Gasteiger partial charge is 0.258 e. The minimum atomic E-state index is -0.339. The molecule has 2 N–H and O–H groups in total. The van der Waals surface area contributed by atoms with Gasteiger partial charge in [-0.15, -0.1) is 0 Å². The lowest BCUT2D eigenvalue weighted by molar-refractivity contribution is 0.0979. The van der Waals surface area contributed by atoms with Crippen molar-refractivity contribution in [3.63, 3.8) is 0 Å². The van der Waals surface area contributed by atoms with Gasteiger partial charge in [0.05, 0.1) is 10.6 Å². The highest BCUT2D eigenvalue weighted by molar-refractivity contribution is 7.80. The van der Waals surface area contributed by atoms with Crippen LogP contribution in [0.25, 0.3) is 33.3 Å². The molecule has 5 aromatic rings. The van der Waals surface area contributed by atoms with Crippen LogP contribution in [0.4, 0.5) is 5.69 Å². The van der Waals surface area contributed by atoms with Gasteiger partial charge in [-0.1, -0.05) is 53.5 Å². The van der Waals surface area contributed by atoms with Crippen molar-refractivity contribution in [3.8, 4) is 11.5 Å². The van der Waals surface area contributed by atoms with Crippen molar-refractivity contribution in [3.05, 3.63) is 94.0 Å². The molecule has 0 spiro atoms. The molecule has 8 heteroatoms. The van der Waals surface area contributed by atoms with Gasteiger partial charge in [0.1, 0.15) is 5.52 Å². The van der Waals surface area contributed by atoms with E-state index in [4.69, 9.17) is 39.8 Å². The zero-order valence-corrected chi connectivity index (χ0v) is 20.2. The van der Waals surface area contributed by atoms with E-state index < -0.39 is 0 Å². The summed E-state index contributed by atoms with van der Waals surface area (Å²) >= 11 is 18.1. The first kappa shape index (κ1) is 22.3. The van der Waals surface area contributed by atoms with E-state index in [1.54, 1.807) is 42.5 Å². The monoisotopic (exact) mass is 505 g/mol. The van der Waals surface area contributed by atoms with Gasteiger partial charge in [-0.25, -0.2) is 4.98 Å². The van der Waals surface area contributed by atoms with E-state index in [-0.39, 0.29) is 11.0 Å². The van der Waals surface area contributed by atoms with Crippen molar-refractivity contribution in [2.75, 3.05) is 5.32 Å². The van der Waals surface area contributed by atoms with E-state index in [0.29, 0.717) is 38.3 Å². The van der Waals surface area contributed by atoms with Gasteiger partial charge in [-0.05, 0) is 72.6 Å². The molecule has 0 saturated heterocycles. The lowest BCUT2D eigenvalue weighted by atomic mass is 10.0. The van der Waals surface area contributed by atoms with Crippen molar-refractivity contribution >= 4 is 74.0 Å². The second kappa shape index (κ2) is 9.06. The molecule has 0 fully saturated rings. The SMILES string of the molecule is Cc1ccc2oc(-c3cc(NC(=S)NC(=O)c4cccc5c(Cl)cccc45)ccc3Cl)nc2c1. The Morgan fingerprint density at radius 2 is 1.74 bits per heavy atom. The fourth-order valence-electron chi connectivity index (χ4n) is 3.72. The van der Waals surface area contributed by atoms with Crippen LogP contribution in [-0.2, 0) is 0 Å². The number of oxazole rings is 1. The zero-order valence-electron chi connectivity index (χ0n) is 17.9. The standard InChI is InChI=1S/C26H17Cl2N3O2S/c1-14-8-11-23-22(12-14)30-25(33-23)19-13-15(9-10-21(19)28)29-26(34)31-24(32)18-6-2-5-17-16(18)4-3-7-20(17)27/h2-13H,1H3,(H2,29,31,32,34). The van der Waals surface area contributed by atoms with Crippen molar-refractivity contribution in [2.24, 2.45) is 0 Å². The summed E-state index contributed by atoms with van der Waals surface area (Å²) in [6.07, 6.45) is 0. The van der Waals surface area contributed by atoms with E-state index in [0.717, 1.165) is 21.9 Å². The summed E-state index contributed by atoms with van der Waals surface area (Å²) in [5, 5.41) is 8.50. The first-order valence-electron chi connectivity index (χ1n) is 10.4. The topological polar surface area (TPSA) is 67.2 Å². The third-order valence-corrected chi connectivity index (χ3v) is 6.20. The highest BCUT2D eigenvalue weighted by atomic mass is 35.5. The maximum absolute atomic E-state index is 12.9. The van der Waals surface area contributed by atoms with Crippen LogP contribution in [0, 0.1) is 6.92 Å². The van der Waals surface area contributed by atoms with Gasteiger partial charge in [0.2, 0.25) is 5.89 Å². The fourth-order valence-corrected chi connectivity index (χ4v) is 4.37. The molecule has 5 nitrogen and oxygen atoms in total. The molecule has 0 bridgehead atoms. The number of anilines is 1. The van der Waals surface area contributed by atoms with Gasteiger partial charge >= 0.3 is 0 Å². The highest BCUT2D eigenvalue weighted by Gasteiger charge is 2.15. The van der Waals surface area contributed by atoms with Gasteiger partial charge in [0.25, 0.3) is 5.91 Å². The third kappa shape index (κ3) is 4.35. The van der Waals surface area contributed by atoms with E-state index in [2.05, 4.69) is 15.6 Å². The molecule has 34 heavy (non-hydrogen) atoms. The molecule has 0 aliphatic heterocycles. The summed E-state index contributed by atoms with van der Waals surface area (Å²) in [4.78, 5) is 17.5. The number of amides is 1. The number of carbonyl (C=O) groups excluding carboxylic acids is 1. The van der Waals surface area contributed by atoms with Crippen LogP contribution in [-0.4, -0.2) is 16.0 Å². The largest absolute Gasteiger partial charge is 0.436 e. The number of carbonyl (C=O) groups is 1. The minimum absolute atomic E-state index is 0.144. The quantitative estimate of drug-likeness (QED) is 0.250. The number of fused-ring (bicyclic) bond motifs is 2. The number of rotatable bonds is 3. The maximum atomic E-state index is 12.9. The second-order valence-electron chi connectivity index (χ2n) is 7.73. The summed E-state index contributed by atoms with van der Waals surface area (Å²) in [7, 11) is 0. The van der Waals surface area contributed by atoms with E-state index in [9.17, 15) is 4.79 Å². The number of halogens is 2. The van der Waals surface area contributed by atoms with Crippen molar-refractivity contribution < 1.29 is 9.21 Å². The Morgan fingerprint density at radius 1 is 0.941 bits per heavy atom. The van der Waals surface area contributed by atoms with Gasteiger partial charge in [0.15, 0.2) is 10.7 Å². The number of nitrogens with one attached hydrogen (secondary N) is 2. The Morgan fingerprint density at radius 3 is 2.59 bits per heavy atom. The molecule has 5 rings (SSSR count). The third-order valence-electron chi connectivity index (χ3n) is 5.34. The van der Waals surface area contributed by atoms with Gasteiger partial charge < -0.3 is 9.73 Å². The summed E-state index contributed by atoms with van der Waals surface area (Å²) in [6, 6.07) is 21.9. The molecule has 0 aliphatic rings. The molecule has 0 aliphatic carbocycles. The van der Waals surface area contributed by atoms with Gasteiger partial charge in [-0.2, -0.15) is 0 Å². The van der Waals surface area contributed by atoms with Crippen molar-refractivity contribution in [2.45, 2.75) is 6.92 Å². The van der Waals surface area contributed by atoms with Crippen LogP contribution >= 0.6 is 35.4 Å². The predicted octanol–water partition coefficient (Wildman–Crippen LogP) is 7.39. The van der Waals surface area contributed by atoms with Crippen LogP contribution in [0.1, 0.15) is 15.9 Å². The van der Waals surface area contributed by atoms with E-state index in [1.165, 1.54) is 0 Å². The van der Waals surface area contributed by atoms with Crippen LogP contribution in [0.15, 0.2) is 77.2 Å². The second-order valence-corrected chi connectivity index (χ2v) is 8.96. The first-order chi connectivity index (χ1) is 16.4. The molecule has 0 unspecified atom stereocenters. The number of hydrogen-bond donors (Lipinski definition) is 2. The number of nitrogens with zero attached hydrogens (tertiary/aromatic N) is 1. The molecule has 0 atom stereocenters. The van der Waals surface area contributed by atoms with Crippen LogP contribution in [0.5, 0.6) is 0 Å². The average molecular weight is 506 g/mol. The molecule has 0 saturated carbocycles. The Kier molecular flexibility index (Phi) is 5.96. The molecule has 168 valence electrons. The summed E-state index contributed by atoms with van der Waals surface area (Å²) in [5.41, 5.74) is 4.23. The first-order valence-corrected chi connectivity index (χ1v) is 11.5. The normalized spacial score (nSPS) is 11.0. The van der Waals surface area contributed by atoms with E-state index >= 15 is 0 Å². The fraction of sp³-hybridized carbons (Fsp3) is 0.0385. The average Bonchev–Trinajstić information content (AvgIpc) is 3.23. The number of aryl methyl sites for hydroxylation is 1. The molecule has 4 aromatic carbocycles. The lowest BCUT2D eigenvalue weighted by Crippen LogP contribution is -2.34. The van der Waals surface area contributed by atoms with Crippen molar-refractivity contribution in [1.29, 1.82) is 0 Å². The van der Waals surface area contributed by atoms with Crippen LogP contribution < -0.4 is 10.6 Å². The highest BCUT2D eigenvalue weighted by Crippen LogP contribution is 2.32. The Hall–Kier alpha value is -3.45. The molecular weight excluding hydrogens is 489 g/mol. The van der Waals surface area contributed by atoms with Gasteiger partial charge in [-0.3, -0.25) is 10.1 Å². The summed E-state index contributed by atoms with van der Waals surface area (Å²) in [5.74, 6) is 0.0608. The molecular formula is C26H17Cl2N3O2S. The van der Waals surface area contributed by atoms with E-state index in [1.807, 2.05) is 37.3 Å². The minimum Gasteiger partial charge on any atom is -0.436 e. The van der Waals surface area contributed by atoms with Crippen molar-refractivity contribution in [1.82, 2.24) is 10.3 Å². The predicted molar refractivity (Wildman–Crippen MR) is 142 cm³/mol. The number of aromatic nitrogens is 1.